The van der Waals surface area contributed by atoms with Crippen LogP contribution in [0.1, 0.15) is 37.4 Å². The van der Waals surface area contributed by atoms with Gasteiger partial charge in [0.2, 0.25) is 0 Å². The molecule has 0 spiro atoms. The minimum absolute atomic E-state index is 0.0495. The molecule has 1 aliphatic carbocycles. The van der Waals surface area contributed by atoms with Crippen LogP contribution in [-0.4, -0.2) is 25.0 Å². The maximum Gasteiger partial charge on any atom is 0.416 e. The second kappa shape index (κ2) is 10.6. The number of benzene rings is 4. The molecule has 0 aromatic heterocycles. The van der Waals surface area contributed by atoms with Crippen LogP contribution in [0, 0.1) is 0 Å². The molecule has 8 heteroatoms. The third-order valence-electron chi connectivity index (χ3n) is 6.76. The molecular weight excluding hydrogens is 505 g/mol. The zero-order valence-electron chi connectivity index (χ0n) is 21.0. The largest absolute Gasteiger partial charge is 0.497 e. The Hall–Kier alpha value is -4.59. The Morgan fingerprint density at radius 1 is 0.821 bits per heavy atom. The first-order valence-electron chi connectivity index (χ1n) is 12.4. The fraction of sp³-hybridized carbons (Fsp3) is 0.161. The highest BCUT2D eigenvalue weighted by Crippen LogP contribution is 2.34. The van der Waals surface area contributed by atoms with E-state index in [1.807, 2.05) is 30.3 Å². The van der Waals surface area contributed by atoms with Crippen LogP contribution in [0.3, 0.4) is 0 Å². The summed E-state index contributed by atoms with van der Waals surface area (Å²) < 4.78 is 44.4. The molecule has 0 fully saturated rings. The summed E-state index contributed by atoms with van der Waals surface area (Å²) in [6, 6.07) is 24.1. The molecule has 198 valence electrons. The first-order chi connectivity index (χ1) is 18.7. The average molecular weight is 531 g/mol. The summed E-state index contributed by atoms with van der Waals surface area (Å²) in [5.74, 6) is -0.0563. The third kappa shape index (κ3) is 5.80. The number of anilines is 1. The highest BCUT2D eigenvalue weighted by molar-refractivity contribution is 6.09. The summed E-state index contributed by atoms with van der Waals surface area (Å²) in [7, 11) is 1.48. The van der Waals surface area contributed by atoms with Crippen LogP contribution in [-0.2, 0) is 19.0 Å². The molecule has 2 amide bonds. The van der Waals surface area contributed by atoms with Gasteiger partial charge in [0.05, 0.1) is 12.7 Å². The smallest absolute Gasteiger partial charge is 0.416 e. The van der Waals surface area contributed by atoms with Crippen LogP contribution in [0.15, 0.2) is 91.0 Å². The van der Waals surface area contributed by atoms with Crippen molar-refractivity contribution in [3.05, 3.63) is 119 Å². The van der Waals surface area contributed by atoms with Crippen molar-refractivity contribution in [1.82, 2.24) is 5.32 Å². The zero-order valence-corrected chi connectivity index (χ0v) is 21.0. The van der Waals surface area contributed by atoms with Crippen LogP contribution >= 0.6 is 0 Å². The minimum atomic E-state index is -4.45. The van der Waals surface area contributed by atoms with Crippen molar-refractivity contribution in [1.29, 1.82) is 0 Å². The Labute approximate surface area is 223 Å². The van der Waals surface area contributed by atoms with Gasteiger partial charge in [0.15, 0.2) is 0 Å². The van der Waals surface area contributed by atoms with Gasteiger partial charge in [-0.25, -0.2) is 0 Å². The average Bonchev–Trinajstić information content (AvgIpc) is 3.34. The number of amides is 2. The number of hydrogen-bond acceptors (Lipinski definition) is 3. The van der Waals surface area contributed by atoms with E-state index < -0.39 is 17.6 Å². The van der Waals surface area contributed by atoms with Crippen molar-refractivity contribution in [2.75, 3.05) is 12.4 Å². The fourth-order valence-corrected chi connectivity index (χ4v) is 4.78. The zero-order chi connectivity index (χ0) is 27.6. The number of fused-ring (bicyclic) bond motifs is 1. The van der Waals surface area contributed by atoms with Gasteiger partial charge in [-0.2, -0.15) is 13.2 Å². The number of carbonyl (C=O) groups is 2. The Morgan fingerprint density at radius 2 is 1.54 bits per heavy atom. The maximum atomic E-state index is 13.3. The van der Waals surface area contributed by atoms with E-state index in [-0.39, 0.29) is 11.9 Å². The molecule has 4 aromatic carbocycles. The fourth-order valence-electron chi connectivity index (χ4n) is 4.78. The van der Waals surface area contributed by atoms with E-state index in [4.69, 9.17) is 4.74 Å². The Morgan fingerprint density at radius 3 is 2.23 bits per heavy atom. The number of carbonyl (C=O) groups excluding carboxylic acids is 2. The van der Waals surface area contributed by atoms with Crippen molar-refractivity contribution in [3.63, 3.8) is 0 Å². The number of methoxy groups -OCH3 is 1. The van der Waals surface area contributed by atoms with E-state index >= 15 is 0 Å². The van der Waals surface area contributed by atoms with E-state index in [0.29, 0.717) is 46.5 Å². The molecule has 4 aromatic rings. The van der Waals surface area contributed by atoms with Gasteiger partial charge in [0, 0.05) is 22.9 Å². The first kappa shape index (κ1) is 26.0. The van der Waals surface area contributed by atoms with Crippen LogP contribution in [0.25, 0.3) is 11.1 Å². The molecule has 0 saturated heterocycles. The SMILES string of the molecule is COc1ccc(C(=O)Nc2ccc3c(c2)CC(NC(=O)c2ccccc2)C3)c(-c2ccc(C(F)(F)F)cc2)c1. The topological polar surface area (TPSA) is 67.4 Å². The Balaban J connectivity index is 1.33. The summed E-state index contributed by atoms with van der Waals surface area (Å²) in [6.45, 7) is 0. The lowest BCUT2D eigenvalue weighted by Crippen LogP contribution is -2.35. The van der Waals surface area contributed by atoms with Gasteiger partial charge >= 0.3 is 6.18 Å². The van der Waals surface area contributed by atoms with Crippen LogP contribution < -0.4 is 15.4 Å². The molecule has 0 aliphatic heterocycles. The number of rotatable bonds is 6. The van der Waals surface area contributed by atoms with Crippen molar-refractivity contribution in [3.8, 4) is 16.9 Å². The van der Waals surface area contributed by atoms with Crippen molar-refractivity contribution >= 4 is 17.5 Å². The highest BCUT2D eigenvalue weighted by atomic mass is 19.4. The summed E-state index contributed by atoms with van der Waals surface area (Å²) in [5, 5.41) is 5.97. The predicted molar refractivity (Wildman–Crippen MR) is 143 cm³/mol. The molecular formula is C31H25F3N2O3. The van der Waals surface area contributed by atoms with Gasteiger partial charge in [0.1, 0.15) is 5.75 Å². The van der Waals surface area contributed by atoms with E-state index in [1.165, 1.54) is 19.2 Å². The number of ether oxygens (including phenoxy) is 1. The Kier molecular flexibility index (Phi) is 7.11. The molecule has 1 unspecified atom stereocenters. The van der Waals surface area contributed by atoms with Gasteiger partial charge in [-0.3, -0.25) is 9.59 Å². The molecule has 0 saturated carbocycles. The van der Waals surface area contributed by atoms with Crippen LogP contribution in [0.5, 0.6) is 5.75 Å². The number of nitrogens with one attached hydrogen (secondary N) is 2. The van der Waals surface area contributed by atoms with Gasteiger partial charge in [0.25, 0.3) is 11.8 Å². The predicted octanol–water partition coefficient (Wildman–Crippen LogP) is 6.53. The molecule has 2 N–H and O–H groups in total. The molecule has 0 heterocycles. The van der Waals surface area contributed by atoms with Crippen molar-refractivity contribution in [2.24, 2.45) is 0 Å². The molecule has 0 radical (unpaired) electrons. The highest BCUT2D eigenvalue weighted by Gasteiger charge is 2.30. The molecule has 0 bridgehead atoms. The summed E-state index contributed by atoms with van der Waals surface area (Å²) in [6.07, 6.45) is -3.13. The first-order valence-corrected chi connectivity index (χ1v) is 12.4. The van der Waals surface area contributed by atoms with E-state index in [1.54, 1.807) is 36.4 Å². The number of halogens is 3. The lowest BCUT2D eigenvalue weighted by molar-refractivity contribution is -0.137. The van der Waals surface area contributed by atoms with Crippen LogP contribution in [0.2, 0.25) is 0 Å². The monoisotopic (exact) mass is 530 g/mol. The normalized spacial score (nSPS) is 14.4. The number of hydrogen-bond donors (Lipinski definition) is 2. The number of alkyl halides is 3. The standard InChI is InChI=1S/C31H25F3N2O3/c1-39-26-13-14-27(28(18-26)19-7-10-23(11-8-19)31(32,33)34)30(38)35-24-12-9-21-15-25(17-22(21)16-24)36-29(37)20-5-3-2-4-6-20/h2-14,16,18,25H,15,17H2,1H3,(H,35,38)(H,36,37). The van der Waals surface area contributed by atoms with E-state index in [2.05, 4.69) is 10.6 Å². The van der Waals surface area contributed by atoms with Crippen molar-refractivity contribution in [2.45, 2.75) is 25.1 Å². The second-order valence-electron chi connectivity index (χ2n) is 9.37. The van der Waals surface area contributed by atoms with Crippen LogP contribution in [0.4, 0.5) is 18.9 Å². The molecule has 5 nitrogen and oxygen atoms in total. The minimum Gasteiger partial charge on any atom is -0.497 e. The molecule has 1 atom stereocenters. The summed E-state index contributed by atoms with van der Waals surface area (Å²) in [4.78, 5) is 25.9. The lowest BCUT2D eigenvalue weighted by atomic mass is 9.97. The third-order valence-corrected chi connectivity index (χ3v) is 6.76. The summed E-state index contributed by atoms with van der Waals surface area (Å²) >= 11 is 0. The quantitative estimate of drug-likeness (QED) is 0.298. The second-order valence-corrected chi connectivity index (χ2v) is 9.37. The maximum absolute atomic E-state index is 13.3. The van der Waals surface area contributed by atoms with Crippen molar-refractivity contribution < 1.29 is 27.5 Å². The molecule has 39 heavy (non-hydrogen) atoms. The van der Waals surface area contributed by atoms with Gasteiger partial charge < -0.3 is 15.4 Å². The lowest BCUT2D eigenvalue weighted by Gasteiger charge is -2.14. The summed E-state index contributed by atoms with van der Waals surface area (Å²) in [5.41, 5.74) is 3.75. The molecule has 5 rings (SSSR count). The molecule has 1 aliphatic rings. The Bertz CT molecular complexity index is 1520. The van der Waals surface area contributed by atoms with E-state index in [0.717, 1.165) is 23.3 Å². The van der Waals surface area contributed by atoms with Gasteiger partial charge in [-0.1, -0.05) is 36.4 Å². The van der Waals surface area contributed by atoms with Gasteiger partial charge in [-0.15, -0.1) is 0 Å². The van der Waals surface area contributed by atoms with Gasteiger partial charge in [-0.05, 0) is 89.7 Å². The van der Waals surface area contributed by atoms with E-state index in [9.17, 15) is 22.8 Å².